The molecule has 1 aliphatic carbocycles. The van der Waals surface area contributed by atoms with Crippen molar-refractivity contribution >= 4 is 33.2 Å². The van der Waals surface area contributed by atoms with Gasteiger partial charge in [-0.3, -0.25) is 0 Å². The van der Waals surface area contributed by atoms with E-state index >= 15 is 0 Å². The molecule has 0 atom stereocenters. The highest BCUT2D eigenvalue weighted by atomic mass is 35.5. The molecule has 3 rings (SSSR count). The highest BCUT2D eigenvalue weighted by Gasteiger charge is 2.24. The minimum atomic E-state index is 0.507. The van der Waals surface area contributed by atoms with Crippen molar-refractivity contribution in [2.45, 2.75) is 58.3 Å². The van der Waals surface area contributed by atoms with Gasteiger partial charge in [0.15, 0.2) is 0 Å². The summed E-state index contributed by atoms with van der Waals surface area (Å²) in [6, 6.07) is 2.09. The van der Waals surface area contributed by atoms with Crippen LogP contribution in [0.25, 0.3) is 10.2 Å². The van der Waals surface area contributed by atoms with Crippen LogP contribution in [0.3, 0.4) is 0 Å². The van der Waals surface area contributed by atoms with Gasteiger partial charge >= 0.3 is 0 Å². The Bertz CT molecular complexity index is 600. The van der Waals surface area contributed by atoms with Crippen LogP contribution < -0.4 is 0 Å². The molecule has 0 aromatic carbocycles. The van der Waals surface area contributed by atoms with E-state index < -0.39 is 0 Å². The molecule has 2 nitrogen and oxygen atoms in total. The average molecular weight is 309 g/mol. The summed E-state index contributed by atoms with van der Waals surface area (Å²) in [5.41, 5.74) is 0. The third-order valence-corrected chi connectivity index (χ3v) is 5.63. The van der Waals surface area contributed by atoms with Crippen LogP contribution in [-0.4, -0.2) is 9.97 Å². The third kappa shape index (κ3) is 2.84. The Kier molecular flexibility index (Phi) is 4.27. The van der Waals surface area contributed by atoms with Gasteiger partial charge in [-0.25, -0.2) is 9.97 Å². The molecule has 0 amide bonds. The van der Waals surface area contributed by atoms with Crippen molar-refractivity contribution in [3.63, 3.8) is 0 Å². The first-order chi connectivity index (χ1) is 9.67. The molecule has 2 aromatic heterocycles. The van der Waals surface area contributed by atoms with Gasteiger partial charge in [0.25, 0.3) is 0 Å². The van der Waals surface area contributed by atoms with Gasteiger partial charge in [-0.15, -0.1) is 11.3 Å². The van der Waals surface area contributed by atoms with Gasteiger partial charge in [-0.2, -0.15) is 0 Å². The summed E-state index contributed by atoms with van der Waals surface area (Å²) in [5, 5.41) is 1.64. The average Bonchev–Trinajstić information content (AvgIpc) is 2.81. The molecule has 0 spiro atoms. The lowest BCUT2D eigenvalue weighted by molar-refractivity contribution is 0.302. The van der Waals surface area contributed by atoms with Crippen molar-refractivity contribution in [3.05, 3.63) is 21.9 Å². The van der Waals surface area contributed by atoms with Crippen molar-refractivity contribution in [3.8, 4) is 0 Å². The van der Waals surface area contributed by atoms with E-state index in [2.05, 4.69) is 24.9 Å². The summed E-state index contributed by atoms with van der Waals surface area (Å²) in [6.07, 6.45) is 7.76. The van der Waals surface area contributed by atoms with Gasteiger partial charge in [0, 0.05) is 16.2 Å². The van der Waals surface area contributed by atoms with Crippen LogP contribution >= 0.6 is 22.9 Å². The Balaban J connectivity index is 1.81. The molecule has 4 heteroatoms. The lowest BCUT2D eigenvalue weighted by Crippen LogP contribution is -2.15. The summed E-state index contributed by atoms with van der Waals surface area (Å²) < 4.78 is 0. The number of aromatic nitrogens is 2. The van der Waals surface area contributed by atoms with Gasteiger partial charge in [0.05, 0.1) is 0 Å². The first-order valence-corrected chi connectivity index (χ1v) is 8.80. The molecule has 108 valence electrons. The predicted molar refractivity (Wildman–Crippen MR) is 86.8 cm³/mol. The summed E-state index contributed by atoms with van der Waals surface area (Å²) in [6.45, 7) is 4.38. The number of hydrogen-bond donors (Lipinski definition) is 0. The fourth-order valence-electron chi connectivity index (χ4n) is 3.32. The molecule has 0 saturated heterocycles. The molecular formula is C16H21ClN2S. The van der Waals surface area contributed by atoms with E-state index in [1.54, 1.807) is 11.3 Å². The van der Waals surface area contributed by atoms with Crippen molar-refractivity contribution < 1.29 is 0 Å². The minimum absolute atomic E-state index is 0.507. The van der Waals surface area contributed by atoms with E-state index in [0.29, 0.717) is 11.1 Å². The summed E-state index contributed by atoms with van der Waals surface area (Å²) >= 11 is 8.05. The molecule has 0 unspecified atom stereocenters. The summed E-state index contributed by atoms with van der Waals surface area (Å²) in [7, 11) is 0. The molecule has 1 fully saturated rings. The molecule has 20 heavy (non-hydrogen) atoms. The Morgan fingerprint density at radius 1 is 1.25 bits per heavy atom. The van der Waals surface area contributed by atoms with Crippen LogP contribution in [0.5, 0.6) is 0 Å². The monoisotopic (exact) mass is 308 g/mol. The standard InChI is InChI=1S/C16H21ClN2S/c1-3-4-11-5-7-12(8-6-11)15-18-14(17)13-9-10(2)20-16(13)19-15/h9,11-12H,3-8H2,1-2H3. The number of halogens is 1. The number of rotatable bonds is 3. The maximum atomic E-state index is 6.33. The first-order valence-electron chi connectivity index (χ1n) is 7.61. The molecular weight excluding hydrogens is 288 g/mol. The second kappa shape index (κ2) is 5.98. The molecule has 2 aromatic rings. The minimum Gasteiger partial charge on any atom is -0.222 e. The second-order valence-corrected chi connectivity index (χ2v) is 7.55. The fourth-order valence-corrected chi connectivity index (χ4v) is 4.50. The van der Waals surface area contributed by atoms with Crippen molar-refractivity contribution in [1.82, 2.24) is 9.97 Å². The third-order valence-electron chi connectivity index (χ3n) is 4.40. The highest BCUT2D eigenvalue weighted by Crippen LogP contribution is 2.38. The molecule has 0 radical (unpaired) electrons. The van der Waals surface area contributed by atoms with Crippen LogP contribution in [0.4, 0.5) is 0 Å². The summed E-state index contributed by atoms with van der Waals surface area (Å²) in [4.78, 5) is 11.6. The Morgan fingerprint density at radius 3 is 2.70 bits per heavy atom. The van der Waals surface area contributed by atoms with E-state index in [1.807, 2.05) is 0 Å². The van der Waals surface area contributed by atoms with E-state index in [9.17, 15) is 0 Å². The lowest BCUT2D eigenvalue weighted by atomic mass is 9.80. The molecule has 0 bridgehead atoms. The molecule has 0 aliphatic heterocycles. The van der Waals surface area contributed by atoms with Crippen LogP contribution in [0.1, 0.15) is 62.1 Å². The maximum Gasteiger partial charge on any atom is 0.141 e. The van der Waals surface area contributed by atoms with Crippen molar-refractivity contribution in [1.29, 1.82) is 0 Å². The van der Waals surface area contributed by atoms with E-state index in [-0.39, 0.29) is 0 Å². The Hall–Kier alpha value is -0.670. The number of thiophene rings is 1. The van der Waals surface area contributed by atoms with Gasteiger partial charge in [0.1, 0.15) is 15.8 Å². The topological polar surface area (TPSA) is 25.8 Å². The van der Waals surface area contributed by atoms with E-state index in [0.717, 1.165) is 22.0 Å². The SMILES string of the molecule is CCCC1CCC(c2nc(Cl)c3cc(C)sc3n2)CC1. The van der Waals surface area contributed by atoms with Crippen LogP contribution in [0.15, 0.2) is 6.07 Å². The quantitative estimate of drug-likeness (QED) is 0.677. The van der Waals surface area contributed by atoms with Gasteiger partial charge in [0.2, 0.25) is 0 Å². The highest BCUT2D eigenvalue weighted by molar-refractivity contribution is 7.18. The smallest absolute Gasteiger partial charge is 0.141 e. The largest absolute Gasteiger partial charge is 0.222 e. The Morgan fingerprint density at radius 2 is 2.00 bits per heavy atom. The molecule has 1 saturated carbocycles. The van der Waals surface area contributed by atoms with Crippen LogP contribution in [0, 0.1) is 12.8 Å². The van der Waals surface area contributed by atoms with Gasteiger partial charge in [-0.05, 0) is 44.6 Å². The lowest BCUT2D eigenvalue weighted by Gasteiger charge is -2.27. The number of nitrogens with zero attached hydrogens (tertiary/aromatic N) is 2. The Labute approximate surface area is 129 Å². The number of fused-ring (bicyclic) bond motifs is 1. The maximum absolute atomic E-state index is 6.33. The first kappa shape index (κ1) is 14.3. The van der Waals surface area contributed by atoms with Crippen LogP contribution in [-0.2, 0) is 0 Å². The van der Waals surface area contributed by atoms with Crippen molar-refractivity contribution in [2.75, 3.05) is 0 Å². The van der Waals surface area contributed by atoms with Crippen molar-refractivity contribution in [2.24, 2.45) is 5.92 Å². The molecule has 0 N–H and O–H groups in total. The fraction of sp³-hybridized carbons (Fsp3) is 0.625. The second-order valence-electron chi connectivity index (χ2n) is 5.95. The normalized spacial score (nSPS) is 23.4. The number of hydrogen-bond acceptors (Lipinski definition) is 3. The zero-order chi connectivity index (χ0) is 14.1. The van der Waals surface area contributed by atoms with E-state index in [4.69, 9.17) is 16.6 Å². The van der Waals surface area contributed by atoms with Gasteiger partial charge < -0.3 is 0 Å². The van der Waals surface area contributed by atoms with Crippen LogP contribution in [0.2, 0.25) is 5.15 Å². The summed E-state index contributed by atoms with van der Waals surface area (Å²) in [5.74, 6) is 2.39. The zero-order valence-corrected chi connectivity index (χ0v) is 13.7. The predicted octanol–water partition coefficient (Wildman–Crippen LogP) is 5.73. The van der Waals surface area contributed by atoms with Gasteiger partial charge in [-0.1, -0.05) is 31.4 Å². The molecule has 2 heterocycles. The molecule has 1 aliphatic rings. The van der Waals surface area contributed by atoms with E-state index in [1.165, 1.54) is 43.4 Å². The zero-order valence-electron chi connectivity index (χ0n) is 12.2. The number of aryl methyl sites for hydroxylation is 1.